The highest BCUT2D eigenvalue weighted by Gasteiger charge is 2.25. The van der Waals surface area contributed by atoms with E-state index in [-0.39, 0.29) is 12.8 Å². The third-order valence-corrected chi connectivity index (χ3v) is 2.02. The average molecular weight is 272 g/mol. The monoisotopic (exact) mass is 272 g/mol. The maximum absolute atomic E-state index is 11.5. The molecule has 0 saturated heterocycles. The number of nitrogens with one attached hydrogen (secondary N) is 2. The maximum atomic E-state index is 11.5. The van der Waals surface area contributed by atoms with Gasteiger partial charge in [0, 0.05) is 6.42 Å². The Hall–Kier alpha value is -1.92. The molecule has 0 aliphatic heterocycles. The molecule has 0 aliphatic carbocycles. The molecule has 0 radical (unpaired) electrons. The standard InChI is InChI=1S/C12H20N2O5/c1-12(2,3)19-11(17)14-9(10(16)18-4)6-5-8(15)7-13/h7,9,13H,5-6H2,1-4H3,(H,14,17)/t9-/m0/s1. The number of methoxy groups -OCH3 is 1. The van der Waals surface area contributed by atoms with Crippen LogP contribution in [-0.2, 0) is 19.1 Å². The zero-order chi connectivity index (χ0) is 15.1. The number of alkyl carbamates (subject to hydrolysis) is 1. The summed E-state index contributed by atoms with van der Waals surface area (Å²) in [6.07, 6.45) is -0.0636. The lowest BCUT2D eigenvalue weighted by Crippen LogP contribution is -2.44. The van der Waals surface area contributed by atoms with E-state index in [1.54, 1.807) is 20.8 Å². The number of esters is 1. The SMILES string of the molecule is COC(=O)[C@H](CCC(=O)C=N)NC(=O)OC(C)(C)C. The molecule has 7 heteroatoms. The molecule has 0 saturated carbocycles. The quantitative estimate of drug-likeness (QED) is 0.555. The maximum Gasteiger partial charge on any atom is 0.408 e. The summed E-state index contributed by atoms with van der Waals surface area (Å²) >= 11 is 0. The van der Waals surface area contributed by atoms with Gasteiger partial charge in [0.1, 0.15) is 11.6 Å². The second-order valence-corrected chi connectivity index (χ2v) is 4.87. The Bertz CT molecular complexity index is 360. The molecule has 0 aromatic carbocycles. The third-order valence-electron chi connectivity index (χ3n) is 2.02. The second-order valence-electron chi connectivity index (χ2n) is 4.87. The fourth-order valence-electron chi connectivity index (χ4n) is 1.20. The van der Waals surface area contributed by atoms with Crippen LogP contribution in [0.5, 0.6) is 0 Å². The number of hydrogen-bond donors (Lipinski definition) is 2. The molecule has 0 heterocycles. The van der Waals surface area contributed by atoms with E-state index in [1.165, 1.54) is 7.11 Å². The smallest absolute Gasteiger partial charge is 0.408 e. The van der Waals surface area contributed by atoms with Gasteiger partial charge in [-0.2, -0.15) is 0 Å². The zero-order valence-corrected chi connectivity index (χ0v) is 11.6. The first-order valence-corrected chi connectivity index (χ1v) is 5.80. The normalized spacial score (nSPS) is 12.2. The van der Waals surface area contributed by atoms with E-state index >= 15 is 0 Å². The van der Waals surface area contributed by atoms with Crippen LogP contribution >= 0.6 is 0 Å². The van der Waals surface area contributed by atoms with Crippen molar-refractivity contribution in [2.75, 3.05) is 7.11 Å². The molecule has 108 valence electrons. The second kappa shape index (κ2) is 7.50. The summed E-state index contributed by atoms with van der Waals surface area (Å²) in [7, 11) is 1.19. The lowest BCUT2D eigenvalue weighted by molar-refractivity contribution is -0.143. The van der Waals surface area contributed by atoms with Crippen molar-refractivity contribution in [3.63, 3.8) is 0 Å². The van der Waals surface area contributed by atoms with Gasteiger partial charge < -0.3 is 20.2 Å². The zero-order valence-electron chi connectivity index (χ0n) is 11.6. The molecule has 1 atom stereocenters. The van der Waals surface area contributed by atoms with Crippen molar-refractivity contribution in [3.8, 4) is 0 Å². The topological polar surface area (TPSA) is 106 Å². The molecule has 1 amide bonds. The summed E-state index contributed by atoms with van der Waals surface area (Å²) in [5.41, 5.74) is -0.685. The number of hydrogen-bond acceptors (Lipinski definition) is 6. The van der Waals surface area contributed by atoms with Gasteiger partial charge in [0.2, 0.25) is 0 Å². The van der Waals surface area contributed by atoms with E-state index in [4.69, 9.17) is 10.1 Å². The minimum absolute atomic E-state index is 0.0287. The van der Waals surface area contributed by atoms with E-state index in [1.807, 2.05) is 0 Å². The summed E-state index contributed by atoms with van der Waals surface area (Å²) in [6, 6.07) is -0.969. The summed E-state index contributed by atoms with van der Waals surface area (Å²) < 4.78 is 9.54. The lowest BCUT2D eigenvalue weighted by atomic mass is 10.1. The Balaban J connectivity index is 4.51. The molecule has 0 bridgehead atoms. The Labute approximate surface area is 112 Å². The van der Waals surface area contributed by atoms with Crippen LogP contribution in [0.15, 0.2) is 0 Å². The molecule has 0 rings (SSSR count). The molecule has 0 aromatic heterocycles. The molecule has 0 aliphatic rings. The van der Waals surface area contributed by atoms with Gasteiger partial charge in [0.05, 0.1) is 13.3 Å². The molecular weight excluding hydrogens is 252 g/mol. The van der Waals surface area contributed by atoms with Gasteiger partial charge in [-0.05, 0) is 27.2 Å². The lowest BCUT2D eigenvalue weighted by Gasteiger charge is -2.22. The number of carbonyl (C=O) groups excluding carboxylic acids is 3. The van der Waals surface area contributed by atoms with Crippen LogP contribution in [0.25, 0.3) is 0 Å². The Morgan fingerprint density at radius 1 is 1.32 bits per heavy atom. The van der Waals surface area contributed by atoms with Crippen molar-refractivity contribution in [3.05, 3.63) is 0 Å². The van der Waals surface area contributed by atoms with Crippen molar-refractivity contribution in [2.45, 2.75) is 45.3 Å². The van der Waals surface area contributed by atoms with Crippen LogP contribution < -0.4 is 5.32 Å². The Kier molecular flexibility index (Phi) is 6.74. The molecular formula is C12H20N2O5. The molecule has 2 N–H and O–H groups in total. The molecule has 0 fully saturated rings. The fourth-order valence-corrected chi connectivity index (χ4v) is 1.20. The molecule has 7 nitrogen and oxygen atoms in total. The highest BCUT2D eigenvalue weighted by Crippen LogP contribution is 2.08. The molecule has 0 aromatic rings. The largest absolute Gasteiger partial charge is 0.467 e. The van der Waals surface area contributed by atoms with E-state index in [0.29, 0.717) is 6.21 Å². The van der Waals surface area contributed by atoms with Crippen LogP contribution in [0, 0.1) is 5.41 Å². The van der Waals surface area contributed by atoms with Crippen LogP contribution in [0.2, 0.25) is 0 Å². The van der Waals surface area contributed by atoms with Gasteiger partial charge >= 0.3 is 12.1 Å². The van der Waals surface area contributed by atoms with E-state index in [2.05, 4.69) is 10.1 Å². The Morgan fingerprint density at radius 2 is 1.89 bits per heavy atom. The predicted octanol–water partition coefficient (Wildman–Crippen LogP) is 1.05. The highest BCUT2D eigenvalue weighted by molar-refractivity contribution is 6.26. The first kappa shape index (κ1) is 17.1. The van der Waals surface area contributed by atoms with Crippen molar-refractivity contribution < 1.29 is 23.9 Å². The number of Topliss-reactive ketones (excluding diaryl/α,β-unsaturated/α-hetero) is 1. The van der Waals surface area contributed by atoms with Gasteiger partial charge in [0.15, 0.2) is 5.78 Å². The number of ketones is 1. The fraction of sp³-hybridized carbons (Fsp3) is 0.667. The predicted molar refractivity (Wildman–Crippen MR) is 68.2 cm³/mol. The van der Waals surface area contributed by atoms with Crippen molar-refractivity contribution in [1.29, 1.82) is 5.41 Å². The van der Waals surface area contributed by atoms with E-state index in [9.17, 15) is 14.4 Å². The molecule has 0 spiro atoms. The van der Waals surface area contributed by atoms with Crippen LogP contribution in [-0.4, -0.2) is 42.8 Å². The summed E-state index contributed by atoms with van der Waals surface area (Å²) in [5.74, 6) is -1.09. The first-order valence-electron chi connectivity index (χ1n) is 5.80. The van der Waals surface area contributed by atoms with Gasteiger partial charge in [-0.1, -0.05) is 0 Å². The summed E-state index contributed by atoms with van der Waals surface area (Å²) in [6.45, 7) is 5.08. The summed E-state index contributed by atoms with van der Waals surface area (Å²) in [5, 5.41) is 9.10. The number of ether oxygens (including phenoxy) is 2. The number of amides is 1. The van der Waals surface area contributed by atoms with Gasteiger partial charge in [0.25, 0.3) is 0 Å². The first-order chi connectivity index (χ1) is 8.69. The third kappa shape index (κ3) is 7.91. The van der Waals surface area contributed by atoms with E-state index in [0.717, 1.165) is 0 Å². The molecule has 19 heavy (non-hydrogen) atoms. The van der Waals surface area contributed by atoms with Crippen LogP contribution in [0.1, 0.15) is 33.6 Å². The minimum Gasteiger partial charge on any atom is -0.467 e. The average Bonchev–Trinajstić information content (AvgIpc) is 2.30. The molecule has 0 unspecified atom stereocenters. The summed E-state index contributed by atoms with van der Waals surface area (Å²) in [4.78, 5) is 34.0. The van der Waals surface area contributed by atoms with E-state index < -0.39 is 29.5 Å². The minimum atomic E-state index is -0.969. The van der Waals surface area contributed by atoms with Crippen molar-refractivity contribution in [1.82, 2.24) is 5.32 Å². The van der Waals surface area contributed by atoms with Crippen molar-refractivity contribution >= 4 is 24.1 Å². The Morgan fingerprint density at radius 3 is 2.32 bits per heavy atom. The van der Waals surface area contributed by atoms with Crippen LogP contribution in [0.4, 0.5) is 4.79 Å². The number of carbonyl (C=O) groups is 3. The van der Waals surface area contributed by atoms with Gasteiger partial charge in [-0.25, -0.2) is 9.59 Å². The van der Waals surface area contributed by atoms with Crippen molar-refractivity contribution in [2.24, 2.45) is 0 Å². The van der Waals surface area contributed by atoms with Gasteiger partial charge in [-0.15, -0.1) is 0 Å². The number of rotatable bonds is 6. The van der Waals surface area contributed by atoms with Gasteiger partial charge in [-0.3, -0.25) is 4.79 Å². The van der Waals surface area contributed by atoms with Crippen LogP contribution in [0.3, 0.4) is 0 Å². The highest BCUT2D eigenvalue weighted by atomic mass is 16.6.